The molecular weight excluding hydrogens is 146 g/mol. The number of aromatic nitrogens is 1. The molecule has 0 aliphatic carbocycles. The summed E-state index contributed by atoms with van der Waals surface area (Å²) in [4.78, 5) is 10.7. The van der Waals surface area contributed by atoms with Crippen molar-refractivity contribution in [3.05, 3.63) is 23.5 Å². The van der Waals surface area contributed by atoms with Gasteiger partial charge in [-0.05, 0) is 12.5 Å². The summed E-state index contributed by atoms with van der Waals surface area (Å²) < 4.78 is 1.85. The van der Waals surface area contributed by atoms with Gasteiger partial charge in [-0.1, -0.05) is 0 Å². The minimum absolute atomic E-state index is 0.168. The molecule has 1 heterocycles. The number of hydrogen-bond acceptors (Lipinski definition) is 1. The van der Waals surface area contributed by atoms with Crippen molar-refractivity contribution in [1.82, 2.24) is 4.57 Å². The molecule has 1 rings (SSSR count). The second-order valence-electron chi connectivity index (χ2n) is 2.33. The van der Waals surface area contributed by atoms with Gasteiger partial charge in [0.2, 0.25) is 5.12 Å². The first-order valence-corrected chi connectivity index (χ1v) is 3.42. The van der Waals surface area contributed by atoms with E-state index in [1.54, 1.807) is 6.20 Å². The Kier molecular flexibility index (Phi) is 1.85. The summed E-state index contributed by atoms with van der Waals surface area (Å²) in [6.07, 6.45) is 3.66. The van der Waals surface area contributed by atoms with Crippen LogP contribution in [0.3, 0.4) is 0 Å². The molecule has 0 radical (unpaired) electrons. The second kappa shape index (κ2) is 2.50. The Morgan fingerprint density at radius 1 is 1.60 bits per heavy atom. The molecule has 0 saturated carbocycles. The molecule has 0 aliphatic heterocycles. The van der Waals surface area contributed by atoms with Crippen LogP contribution in [-0.2, 0) is 7.05 Å². The van der Waals surface area contributed by atoms with Gasteiger partial charge in [0, 0.05) is 25.0 Å². The lowest BCUT2D eigenvalue weighted by Gasteiger charge is -1.86. The van der Waals surface area contributed by atoms with E-state index < -0.39 is 0 Å². The zero-order valence-corrected chi connectivity index (χ0v) is 6.85. The SMILES string of the molecule is Cc1cn(C)cc1C(=O)S. The van der Waals surface area contributed by atoms with Crippen molar-refractivity contribution in [2.45, 2.75) is 6.92 Å². The number of rotatable bonds is 1. The first-order chi connectivity index (χ1) is 4.61. The number of carbonyl (C=O) groups is 1. The Morgan fingerprint density at radius 3 is 2.40 bits per heavy atom. The second-order valence-corrected chi connectivity index (χ2v) is 2.73. The van der Waals surface area contributed by atoms with E-state index in [2.05, 4.69) is 12.6 Å². The van der Waals surface area contributed by atoms with Crippen molar-refractivity contribution >= 4 is 17.7 Å². The van der Waals surface area contributed by atoms with Gasteiger partial charge in [-0.2, -0.15) is 0 Å². The standard InChI is InChI=1S/C7H9NOS/c1-5-3-8(2)4-6(5)7(9)10/h3-4H,1-2H3,(H,9,10). The van der Waals surface area contributed by atoms with E-state index in [0.717, 1.165) is 5.56 Å². The molecule has 0 unspecified atom stereocenters. The van der Waals surface area contributed by atoms with E-state index in [0.29, 0.717) is 5.56 Å². The molecule has 0 amide bonds. The third-order valence-electron chi connectivity index (χ3n) is 1.39. The summed E-state index contributed by atoms with van der Waals surface area (Å²) in [6, 6.07) is 0. The Labute approximate surface area is 65.3 Å². The Bertz CT molecular complexity index is 265. The topological polar surface area (TPSA) is 22.0 Å². The molecule has 0 aliphatic rings. The fourth-order valence-corrected chi connectivity index (χ4v) is 1.18. The van der Waals surface area contributed by atoms with Crippen LogP contribution < -0.4 is 0 Å². The lowest BCUT2D eigenvalue weighted by atomic mass is 10.2. The molecule has 0 aromatic carbocycles. The van der Waals surface area contributed by atoms with Crippen LogP contribution in [0.2, 0.25) is 0 Å². The van der Waals surface area contributed by atoms with Crippen molar-refractivity contribution < 1.29 is 4.79 Å². The highest BCUT2D eigenvalue weighted by molar-refractivity contribution is 7.97. The van der Waals surface area contributed by atoms with E-state index in [9.17, 15) is 4.79 Å². The van der Waals surface area contributed by atoms with Gasteiger partial charge >= 0.3 is 0 Å². The first kappa shape index (κ1) is 7.41. The minimum atomic E-state index is -0.168. The third-order valence-corrected chi connectivity index (χ3v) is 1.63. The highest BCUT2D eigenvalue weighted by Gasteiger charge is 2.05. The third kappa shape index (κ3) is 1.24. The van der Waals surface area contributed by atoms with Crippen molar-refractivity contribution in [2.75, 3.05) is 0 Å². The van der Waals surface area contributed by atoms with Crippen LogP contribution in [-0.4, -0.2) is 9.68 Å². The molecule has 0 spiro atoms. The van der Waals surface area contributed by atoms with Gasteiger partial charge in [-0.25, -0.2) is 0 Å². The zero-order valence-electron chi connectivity index (χ0n) is 5.96. The molecule has 10 heavy (non-hydrogen) atoms. The summed E-state index contributed by atoms with van der Waals surface area (Å²) in [6.45, 7) is 1.89. The number of hydrogen-bond donors (Lipinski definition) is 1. The molecule has 54 valence electrons. The number of aryl methyl sites for hydroxylation is 2. The maximum Gasteiger partial charge on any atom is 0.218 e. The summed E-state index contributed by atoms with van der Waals surface area (Å²) in [7, 11) is 1.88. The lowest BCUT2D eigenvalue weighted by molar-refractivity contribution is 0.109. The monoisotopic (exact) mass is 155 g/mol. The largest absolute Gasteiger partial charge is 0.356 e. The van der Waals surface area contributed by atoms with Crippen LogP contribution in [0.25, 0.3) is 0 Å². The zero-order chi connectivity index (χ0) is 7.72. The predicted octanol–water partition coefficient (Wildman–Crippen LogP) is 1.40. The quantitative estimate of drug-likeness (QED) is 0.608. The van der Waals surface area contributed by atoms with Crippen LogP contribution in [0.1, 0.15) is 15.9 Å². The molecule has 0 saturated heterocycles. The number of nitrogens with zero attached hydrogens (tertiary/aromatic N) is 1. The summed E-state index contributed by atoms with van der Waals surface area (Å²) in [5.74, 6) is 0. The highest BCUT2D eigenvalue weighted by atomic mass is 32.1. The maximum atomic E-state index is 10.7. The van der Waals surface area contributed by atoms with Gasteiger partial charge in [0.1, 0.15) is 0 Å². The van der Waals surface area contributed by atoms with Gasteiger partial charge in [0.15, 0.2) is 0 Å². The lowest BCUT2D eigenvalue weighted by Crippen LogP contribution is -1.87. The van der Waals surface area contributed by atoms with Gasteiger partial charge in [-0.3, -0.25) is 4.79 Å². The smallest absolute Gasteiger partial charge is 0.218 e. The summed E-state index contributed by atoms with van der Waals surface area (Å²) in [5, 5.41) is -0.168. The van der Waals surface area contributed by atoms with Gasteiger partial charge in [0.05, 0.1) is 0 Å². The fraction of sp³-hybridized carbons (Fsp3) is 0.286. The van der Waals surface area contributed by atoms with Crippen LogP contribution in [0.4, 0.5) is 0 Å². The van der Waals surface area contributed by atoms with Crippen LogP contribution in [0.5, 0.6) is 0 Å². The maximum absolute atomic E-state index is 10.7. The average molecular weight is 155 g/mol. The summed E-state index contributed by atoms with van der Waals surface area (Å²) in [5.41, 5.74) is 1.66. The van der Waals surface area contributed by atoms with Gasteiger partial charge in [0.25, 0.3) is 0 Å². The molecule has 0 N–H and O–H groups in total. The molecule has 0 fully saturated rings. The van der Waals surface area contributed by atoms with Crippen molar-refractivity contribution in [2.24, 2.45) is 7.05 Å². The molecule has 0 atom stereocenters. The van der Waals surface area contributed by atoms with Crippen LogP contribution in [0.15, 0.2) is 12.4 Å². The van der Waals surface area contributed by atoms with Crippen LogP contribution >= 0.6 is 12.6 Å². The number of carbonyl (C=O) groups excluding carboxylic acids is 1. The molecule has 0 bridgehead atoms. The first-order valence-electron chi connectivity index (χ1n) is 2.97. The van der Waals surface area contributed by atoms with E-state index in [1.807, 2.05) is 24.7 Å². The minimum Gasteiger partial charge on any atom is -0.356 e. The number of thiol groups is 1. The average Bonchev–Trinajstić information content (AvgIpc) is 2.10. The van der Waals surface area contributed by atoms with E-state index in [1.165, 1.54) is 0 Å². The predicted molar refractivity (Wildman–Crippen MR) is 43.5 cm³/mol. The molecule has 3 heteroatoms. The fourth-order valence-electron chi connectivity index (χ4n) is 0.942. The van der Waals surface area contributed by atoms with Crippen LogP contribution in [0, 0.1) is 6.92 Å². The highest BCUT2D eigenvalue weighted by Crippen LogP contribution is 2.10. The molecule has 2 nitrogen and oxygen atoms in total. The Balaban J connectivity index is 3.15. The van der Waals surface area contributed by atoms with Crippen molar-refractivity contribution in [3.63, 3.8) is 0 Å². The van der Waals surface area contributed by atoms with E-state index in [-0.39, 0.29) is 5.12 Å². The Hall–Kier alpha value is -0.700. The van der Waals surface area contributed by atoms with E-state index >= 15 is 0 Å². The molecule has 1 aromatic rings. The molecular formula is C7H9NOS. The Morgan fingerprint density at radius 2 is 2.20 bits per heavy atom. The molecule has 1 aromatic heterocycles. The summed E-state index contributed by atoms with van der Waals surface area (Å²) >= 11 is 3.72. The van der Waals surface area contributed by atoms with Gasteiger partial charge in [-0.15, -0.1) is 12.6 Å². The normalized spacial score (nSPS) is 9.90. The van der Waals surface area contributed by atoms with E-state index in [4.69, 9.17) is 0 Å². The van der Waals surface area contributed by atoms with Gasteiger partial charge < -0.3 is 4.57 Å². The van der Waals surface area contributed by atoms with Crippen molar-refractivity contribution in [3.8, 4) is 0 Å². The van der Waals surface area contributed by atoms with Crippen molar-refractivity contribution in [1.29, 1.82) is 0 Å².